The Bertz CT molecular complexity index is 804. The molecule has 0 aliphatic heterocycles. The predicted octanol–water partition coefficient (Wildman–Crippen LogP) is 1.73. The van der Waals surface area contributed by atoms with Gasteiger partial charge in [-0.1, -0.05) is 0 Å². The van der Waals surface area contributed by atoms with Crippen molar-refractivity contribution in [3.8, 4) is 5.75 Å². The van der Waals surface area contributed by atoms with E-state index in [1.807, 2.05) is 0 Å². The zero-order valence-electron chi connectivity index (χ0n) is 13.2. The van der Waals surface area contributed by atoms with Crippen LogP contribution < -0.4 is 14.6 Å². The number of rotatable bonds is 6. The van der Waals surface area contributed by atoms with Crippen molar-refractivity contribution in [2.24, 2.45) is 0 Å². The Balaban J connectivity index is 2.17. The molecule has 8 heteroatoms. The summed E-state index contributed by atoms with van der Waals surface area (Å²) in [6.07, 6.45) is 3.21. The lowest BCUT2D eigenvalue weighted by Crippen LogP contribution is -2.40. The lowest BCUT2D eigenvalue weighted by atomic mass is 10.2. The van der Waals surface area contributed by atoms with Gasteiger partial charge >= 0.3 is 0 Å². The monoisotopic (exact) mass is 330 g/mol. The van der Waals surface area contributed by atoms with Crippen LogP contribution in [0.3, 0.4) is 0 Å². The maximum Gasteiger partial charge on any atom is 0.290 e. The highest BCUT2D eigenvalue weighted by molar-refractivity contribution is 5.93. The van der Waals surface area contributed by atoms with Crippen molar-refractivity contribution in [3.05, 3.63) is 58.4 Å². The van der Waals surface area contributed by atoms with E-state index in [1.165, 1.54) is 32.2 Å². The van der Waals surface area contributed by atoms with Crippen molar-refractivity contribution in [2.75, 3.05) is 12.4 Å². The van der Waals surface area contributed by atoms with Crippen LogP contribution in [-0.4, -0.2) is 23.7 Å². The van der Waals surface area contributed by atoms with E-state index in [0.29, 0.717) is 11.3 Å². The molecule has 0 saturated carbocycles. The van der Waals surface area contributed by atoms with Gasteiger partial charge in [-0.15, -0.1) is 0 Å². The minimum absolute atomic E-state index is 0.0486. The lowest BCUT2D eigenvalue weighted by molar-refractivity contribution is -0.684. The Morgan fingerprint density at radius 3 is 2.71 bits per heavy atom. The molecule has 2 rings (SSSR count). The molecular weight excluding hydrogens is 314 g/mol. The predicted molar refractivity (Wildman–Crippen MR) is 84.9 cm³/mol. The van der Waals surface area contributed by atoms with Crippen LogP contribution in [0.1, 0.15) is 17.3 Å². The number of benzene rings is 1. The number of carbonyl (C=O) groups excluding carboxylic acids is 2. The topological polar surface area (TPSA) is 102 Å². The zero-order chi connectivity index (χ0) is 17.7. The summed E-state index contributed by atoms with van der Waals surface area (Å²) in [6.45, 7) is 1.39. The van der Waals surface area contributed by atoms with E-state index in [2.05, 4.69) is 5.32 Å². The van der Waals surface area contributed by atoms with Crippen LogP contribution in [0.25, 0.3) is 0 Å². The molecule has 0 atom stereocenters. The number of carbonyl (C=O) groups is 2. The summed E-state index contributed by atoms with van der Waals surface area (Å²) in [4.78, 5) is 33.8. The molecule has 0 aliphatic carbocycles. The third kappa shape index (κ3) is 4.13. The maximum atomic E-state index is 12.2. The number of hydrogen-bond acceptors (Lipinski definition) is 5. The Morgan fingerprint density at radius 2 is 2.08 bits per heavy atom. The first-order chi connectivity index (χ1) is 11.4. The molecule has 0 bridgehead atoms. The van der Waals surface area contributed by atoms with Gasteiger partial charge in [-0.2, -0.15) is 4.57 Å². The third-order valence-electron chi connectivity index (χ3n) is 3.26. The number of nitrogens with zero attached hydrogens (tertiary/aromatic N) is 2. The highest BCUT2D eigenvalue weighted by atomic mass is 16.6. The summed E-state index contributed by atoms with van der Waals surface area (Å²) >= 11 is 0. The van der Waals surface area contributed by atoms with Crippen molar-refractivity contribution in [1.29, 1.82) is 0 Å². The number of nitro benzene ring substituents is 1. The summed E-state index contributed by atoms with van der Waals surface area (Å²) in [5.41, 5.74) is 0.538. The van der Waals surface area contributed by atoms with Crippen molar-refractivity contribution in [2.45, 2.75) is 13.5 Å². The van der Waals surface area contributed by atoms with E-state index >= 15 is 0 Å². The molecule has 1 aromatic carbocycles. The van der Waals surface area contributed by atoms with E-state index in [1.54, 1.807) is 29.1 Å². The third-order valence-corrected chi connectivity index (χ3v) is 3.26. The number of ether oxygens (including phenoxy) is 1. The van der Waals surface area contributed by atoms with Crippen LogP contribution in [0.4, 0.5) is 11.4 Å². The fourth-order valence-electron chi connectivity index (χ4n) is 2.09. The quantitative estimate of drug-likeness (QED) is 0.376. The van der Waals surface area contributed by atoms with Crippen LogP contribution in [-0.2, 0) is 11.3 Å². The normalized spacial score (nSPS) is 10.1. The SMILES string of the molecule is COc1ccc([N+](=O)[O-])cc1NC(=O)C[n+]1cccc(C(C)=O)c1. The first-order valence-corrected chi connectivity index (χ1v) is 7.03. The van der Waals surface area contributed by atoms with Crippen LogP contribution in [0.5, 0.6) is 5.75 Å². The Hall–Kier alpha value is -3.29. The molecular formula is C16H16N3O5+. The maximum absolute atomic E-state index is 12.2. The number of nitro groups is 1. The summed E-state index contributed by atoms with van der Waals surface area (Å²) in [6, 6.07) is 7.25. The number of nitrogens with one attached hydrogen (secondary N) is 1. The Labute approximate surface area is 137 Å². The molecule has 1 amide bonds. The molecule has 1 aromatic heterocycles. The molecule has 124 valence electrons. The summed E-state index contributed by atoms with van der Waals surface area (Å²) < 4.78 is 6.64. The van der Waals surface area contributed by atoms with E-state index in [0.717, 1.165) is 0 Å². The standard InChI is InChI=1S/C16H15N3O5/c1-11(20)12-4-3-7-18(9-12)10-16(21)17-14-8-13(19(22)23)5-6-15(14)24-2/h3-9H,10H2,1-2H3/p+1. The van der Waals surface area contributed by atoms with Gasteiger partial charge in [0.2, 0.25) is 6.54 Å². The minimum atomic E-state index is -0.555. The second kappa shape index (κ2) is 7.32. The van der Waals surface area contributed by atoms with Crippen molar-refractivity contribution in [3.63, 3.8) is 0 Å². The number of ketones is 1. The Kier molecular flexibility index (Phi) is 5.20. The van der Waals surface area contributed by atoms with E-state index < -0.39 is 10.8 Å². The van der Waals surface area contributed by atoms with E-state index in [4.69, 9.17) is 4.74 Å². The van der Waals surface area contributed by atoms with Crippen LogP contribution in [0, 0.1) is 10.1 Å². The zero-order valence-corrected chi connectivity index (χ0v) is 13.2. The number of hydrogen-bond donors (Lipinski definition) is 1. The number of aromatic nitrogens is 1. The number of methoxy groups -OCH3 is 1. The van der Waals surface area contributed by atoms with Crippen LogP contribution >= 0.6 is 0 Å². The first kappa shape index (κ1) is 17.1. The van der Waals surface area contributed by atoms with Crippen molar-refractivity contribution in [1.82, 2.24) is 0 Å². The van der Waals surface area contributed by atoms with Gasteiger partial charge in [0.05, 0.1) is 23.3 Å². The van der Waals surface area contributed by atoms with Gasteiger partial charge in [0, 0.05) is 18.2 Å². The van der Waals surface area contributed by atoms with Gasteiger partial charge in [0.25, 0.3) is 11.6 Å². The summed E-state index contributed by atoms with van der Waals surface area (Å²) in [7, 11) is 1.40. The minimum Gasteiger partial charge on any atom is -0.495 e. The number of anilines is 1. The molecule has 0 spiro atoms. The average molecular weight is 330 g/mol. The van der Waals surface area contributed by atoms with Crippen LogP contribution in [0.15, 0.2) is 42.7 Å². The van der Waals surface area contributed by atoms with Gasteiger partial charge in [-0.25, -0.2) is 0 Å². The molecule has 0 aliphatic rings. The highest BCUT2D eigenvalue weighted by Gasteiger charge is 2.16. The van der Waals surface area contributed by atoms with E-state index in [9.17, 15) is 19.7 Å². The smallest absolute Gasteiger partial charge is 0.290 e. The molecule has 8 nitrogen and oxygen atoms in total. The second-order valence-electron chi connectivity index (χ2n) is 5.01. The fourth-order valence-corrected chi connectivity index (χ4v) is 2.09. The van der Waals surface area contributed by atoms with Gasteiger partial charge in [-0.3, -0.25) is 19.7 Å². The van der Waals surface area contributed by atoms with E-state index in [-0.39, 0.29) is 23.7 Å². The van der Waals surface area contributed by atoms with Gasteiger partial charge in [-0.05, 0) is 19.1 Å². The average Bonchev–Trinajstić information content (AvgIpc) is 2.54. The highest BCUT2D eigenvalue weighted by Crippen LogP contribution is 2.28. The number of pyridine rings is 1. The molecule has 1 heterocycles. The molecule has 0 unspecified atom stereocenters. The molecule has 2 aromatic rings. The van der Waals surface area contributed by atoms with Gasteiger partial charge in [0.15, 0.2) is 18.2 Å². The molecule has 0 saturated heterocycles. The molecule has 24 heavy (non-hydrogen) atoms. The number of amides is 1. The summed E-state index contributed by atoms with van der Waals surface area (Å²) in [5.74, 6) is -0.193. The summed E-state index contributed by atoms with van der Waals surface area (Å²) in [5, 5.41) is 13.4. The fraction of sp³-hybridized carbons (Fsp3) is 0.188. The van der Waals surface area contributed by atoms with Crippen molar-refractivity contribution >= 4 is 23.1 Å². The molecule has 0 fully saturated rings. The first-order valence-electron chi connectivity index (χ1n) is 7.03. The number of Topliss-reactive ketones (excluding diaryl/α,β-unsaturated/α-hetero) is 1. The Morgan fingerprint density at radius 1 is 1.33 bits per heavy atom. The largest absolute Gasteiger partial charge is 0.495 e. The molecule has 1 N–H and O–H groups in total. The van der Waals surface area contributed by atoms with Gasteiger partial charge in [0.1, 0.15) is 5.75 Å². The van der Waals surface area contributed by atoms with Crippen LogP contribution in [0.2, 0.25) is 0 Å². The second-order valence-corrected chi connectivity index (χ2v) is 5.01. The van der Waals surface area contributed by atoms with Gasteiger partial charge < -0.3 is 10.1 Å². The molecule has 0 radical (unpaired) electrons. The van der Waals surface area contributed by atoms with Crippen molar-refractivity contribution < 1.29 is 23.8 Å². The number of non-ortho nitro benzene ring substituents is 1. The lowest BCUT2D eigenvalue weighted by Gasteiger charge is -2.08.